The highest BCUT2D eigenvalue weighted by molar-refractivity contribution is 5.97. The quantitative estimate of drug-likeness (QED) is 0.314. The summed E-state index contributed by atoms with van der Waals surface area (Å²) in [6.07, 6.45) is 7.17. The maximum Gasteiger partial charge on any atom is 0.254 e. The molecule has 2 aromatic carbocycles. The maximum atomic E-state index is 13.8. The summed E-state index contributed by atoms with van der Waals surface area (Å²) in [7, 11) is 1.63. The molecule has 0 aromatic heterocycles. The van der Waals surface area contributed by atoms with Crippen molar-refractivity contribution in [1.82, 2.24) is 15.1 Å². The van der Waals surface area contributed by atoms with E-state index in [1.54, 1.807) is 7.11 Å². The fourth-order valence-electron chi connectivity index (χ4n) is 6.19. The van der Waals surface area contributed by atoms with Crippen LogP contribution in [0.5, 0.6) is 11.5 Å². The van der Waals surface area contributed by atoms with Gasteiger partial charge in [0.2, 0.25) is 5.91 Å². The van der Waals surface area contributed by atoms with Crippen LogP contribution in [0.2, 0.25) is 0 Å². The molecule has 2 aliphatic rings. The van der Waals surface area contributed by atoms with Gasteiger partial charge in [-0.1, -0.05) is 51.3 Å². The zero-order chi connectivity index (χ0) is 30.8. The van der Waals surface area contributed by atoms with Gasteiger partial charge in [-0.25, -0.2) is 0 Å². The molecule has 0 radical (unpaired) electrons. The lowest BCUT2D eigenvalue weighted by atomic mass is 9.89. The van der Waals surface area contributed by atoms with E-state index < -0.39 is 0 Å². The van der Waals surface area contributed by atoms with Crippen LogP contribution in [-0.4, -0.2) is 73.3 Å². The molecular weight excluding hydrogens is 542 g/mol. The van der Waals surface area contributed by atoms with E-state index in [2.05, 4.69) is 11.4 Å². The molecule has 2 amide bonds. The molecule has 236 valence electrons. The molecular formula is C35H51N3O5. The third kappa shape index (κ3) is 8.82. The van der Waals surface area contributed by atoms with Crippen molar-refractivity contribution in [3.63, 3.8) is 0 Å². The number of nitrogens with one attached hydrogen (secondary N) is 1. The number of amides is 2. The Bertz CT molecular complexity index is 1250. The van der Waals surface area contributed by atoms with Crippen LogP contribution < -0.4 is 14.8 Å². The van der Waals surface area contributed by atoms with Crippen molar-refractivity contribution in [2.24, 2.45) is 5.92 Å². The summed E-state index contributed by atoms with van der Waals surface area (Å²) in [4.78, 5) is 43.5. The third-order valence-electron chi connectivity index (χ3n) is 8.79. The van der Waals surface area contributed by atoms with E-state index in [9.17, 15) is 14.4 Å². The SMILES string of the molecule is CCOc1cc(OC)ccc1CNCC(=O)N1CCCC(c2cccc(C(=O)N(CC(=O)C(C)C)C3CCCCC3)c2)C1.[HH]. The number of nitrogens with zero attached hydrogens (tertiary/aromatic N) is 2. The molecule has 8 nitrogen and oxygen atoms in total. The van der Waals surface area contributed by atoms with Gasteiger partial charge in [0.1, 0.15) is 11.5 Å². The number of ketones is 1. The van der Waals surface area contributed by atoms with Crippen molar-refractivity contribution in [2.75, 3.05) is 39.9 Å². The molecule has 2 fully saturated rings. The highest BCUT2D eigenvalue weighted by atomic mass is 16.5. The van der Waals surface area contributed by atoms with E-state index in [0.29, 0.717) is 25.3 Å². The standard InChI is InChI=1S/C35H49N3O5.H2/c1-5-43-33-20-31(42-4)17-16-28(33)21-36-22-34(40)37-18-10-13-29(23-37)26-11-9-12-27(19-26)35(41)38(24-32(39)25(2)3)30-14-7-6-8-15-30;/h9,11-12,16-17,19-20,25,29-30,36H,5-8,10,13-15,18,21-24H2,1-4H3;1H. The summed E-state index contributed by atoms with van der Waals surface area (Å²) in [5.41, 5.74) is 2.69. The number of ether oxygens (including phenoxy) is 2. The van der Waals surface area contributed by atoms with E-state index in [-0.39, 0.29) is 50.0 Å². The summed E-state index contributed by atoms with van der Waals surface area (Å²) < 4.78 is 11.1. The number of hydrogen-bond acceptors (Lipinski definition) is 6. The Morgan fingerprint density at radius 3 is 2.56 bits per heavy atom. The highest BCUT2D eigenvalue weighted by Crippen LogP contribution is 2.30. The molecule has 1 aliphatic carbocycles. The second-order valence-corrected chi connectivity index (χ2v) is 12.2. The number of methoxy groups -OCH3 is 1. The Labute approximate surface area is 258 Å². The van der Waals surface area contributed by atoms with Crippen molar-refractivity contribution in [1.29, 1.82) is 0 Å². The molecule has 4 rings (SSSR count). The molecule has 8 heteroatoms. The number of carbonyl (C=O) groups is 3. The van der Waals surface area contributed by atoms with Crippen molar-refractivity contribution in [3.8, 4) is 11.5 Å². The van der Waals surface area contributed by atoms with Crippen LogP contribution in [0.4, 0.5) is 0 Å². The monoisotopic (exact) mass is 593 g/mol. The average molecular weight is 594 g/mol. The molecule has 0 spiro atoms. The molecule has 1 unspecified atom stereocenters. The van der Waals surface area contributed by atoms with Gasteiger partial charge in [0.15, 0.2) is 5.78 Å². The number of rotatable bonds is 13. The number of likely N-dealkylation sites (tertiary alicyclic amines) is 1. The van der Waals surface area contributed by atoms with Gasteiger partial charge in [0.25, 0.3) is 5.91 Å². The van der Waals surface area contributed by atoms with Gasteiger partial charge in [-0.3, -0.25) is 14.4 Å². The van der Waals surface area contributed by atoms with Gasteiger partial charge in [0, 0.05) is 56.1 Å². The van der Waals surface area contributed by atoms with E-state index in [0.717, 1.165) is 67.7 Å². The van der Waals surface area contributed by atoms with Crippen LogP contribution in [0.15, 0.2) is 42.5 Å². The summed E-state index contributed by atoms with van der Waals surface area (Å²) in [5.74, 6) is 1.67. The lowest BCUT2D eigenvalue weighted by Crippen LogP contribution is -2.45. The fraction of sp³-hybridized carbons (Fsp3) is 0.571. The van der Waals surface area contributed by atoms with Crippen LogP contribution >= 0.6 is 0 Å². The van der Waals surface area contributed by atoms with Gasteiger partial charge >= 0.3 is 0 Å². The summed E-state index contributed by atoms with van der Waals surface area (Å²) >= 11 is 0. The van der Waals surface area contributed by atoms with E-state index in [1.807, 2.05) is 67.0 Å². The predicted molar refractivity (Wildman–Crippen MR) is 171 cm³/mol. The molecule has 1 aliphatic heterocycles. The van der Waals surface area contributed by atoms with Gasteiger partial charge in [-0.2, -0.15) is 0 Å². The number of benzene rings is 2. The Morgan fingerprint density at radius 1 is 1.05 bits per heavy atom. The number of carbonyl (C=O) groups excluding carboxylic acids is 3. The van der Waals surface area contributed by atoms with Gasteiger partial charge in [-0.15, -0.1) is 0 Å². The van der Waals surface area contributed by atoms with Crippen molar-refractivity contribution in [2.45, 2.75) is 84.2 Å². The zero-order valence-electron chi connectivity index (χ0n) is 26.4. The Kier molecular flexibility index (Phi) is 12.0. The molecule has 1 heterocycles. The molecule has 1 saturated heterocycles. The van der Waals surface area contributed by atoms with Crippen LogP contribution in [0, 0.1) is 5.92 Å². The average Bonchev–Trinajstić information content (AvgIpc) is 3.04. The molecule has 0 bridgehead atoms. The third-order valence-corrected chi connectivity index (χ3v) is 8.79. The van der Waals surface area contributed by atoms with Gasteiger partial charge in [-0.05, 0) is 56.4 Å². The topological polar surface area (TPSA) is 88.2 Å². The Balaban J connectivity index is 0.00000529. The molecule has 1 saturated carbocycles. The van der Waals surface area contributed by atoms with Gasteiger partial charge in [0.05, 0.1) is 26.8 Å². The van der Waals surface area contributed by atoms with E-state index in [4.69, 9.17) is 9.47 Å². The second kappa shape index (κ2) is 15.9. The van der Waals surface area contributed by atoms with Crippen LogP contribution in [0.3, 0.4) is 0 Å². The van der Waals surface area contributed by atoms with Crippen LogP contribution in [0.1, 0.15) is 94.5 Å². The minimum absolute atomic E-state index is 0. The lowest BCUT2D eigenvalue weighted by molar-refractivity contribution is -0.131. The fourth-order valence-corrected chi connectivity index (χ4v) is 6.19. The largest absolute Gasteiger partial charge is 0.497 e. The molecule has 43 heavy (non-hydrogen) atoms. The van der Waals surface area contributed by atoms with Crippen molar-refractivity contribution >= 4 is 17.6 Å². The summed E-state index contributed by atoms with van der Waals surface area (Å²) in [5, 5.41) is 3.29. The van der Waals surface area contributed by atoms with E-state index in [1.165, 1.54) is 6.42 Å². The van der Waals surface area contributed by atoms with Crippen molar-refractivity contribution in [3.05, 3.63) is 59.2 Å². The maximum absolute atomic E-state index is 13.8. The highest BCUT2D eigenvalue weighted by Gasteiger charge is 2.30. The Morgan fingerprint density at radius 2 is 1.84 bits per heavy atom. The smallest absolute Gasteiger partial charge is 0.254 e. The molecule has 1 N–H and O–H groups in total. The molecule has 2 aromatic rings. The predicted octanol–water partition coefficient (Wildman–Crippen LogP) is 5.84. The molecule has 1 atom stereocenters. The normalized spacial score (nSPS) is 17.5. The number of Topliss-reactive ketones (excluding diaryl/α,β-unsaturated/α-hetero) is 1. The number of piperidine rings is 1. The van der Waals surface area contributed by atoms with E-state index >= 15 is 0 Å². The first-order valence-electron chi connectivity index (χ1n) is 16.0. The first-order valence-corrected chi connectivity index (χ1v) is 16.0. The second-order valence-electron chi connectivity index (χ2n) is 12.2. The van der Waals surface area contributed by atoms with Gasteiger partial charge < -0.3 is 24.6 Å². The van der Waals surface area contributed by atoms with Crippen LogP contribution in [-0.2, 0) is 16.1 Å². The Hall–Kier alpha value is -3.39. The first kappa shape index (κ1) is 32.5. The first-order chi connectivity index (χ1) is 20.8. The summed E-state index contributed by atoms with van der Waals surface area (Å²) in [6.45, 7) is 8.58. The van der Waals surface area contributed by atoms with Crippen LogP contribution in [0.25, 0.3) is 0 Å². The summed E-state index contributed by atoms with van der Waals surface area (Å²) in [6, 6.07) is 13.7. The zero-order valence-corrected chi connectivity index (χ0v) is 26.4. The minimum Gasteiger partial charge on any atom is -0.497 e. The van der Waals surface area contributed by atoms with Crippen molar-refractivity contribution < 1.29 is 25.3 Å². The number of hydrogen-bond donors (Lipinski definition) is 1. The lowest BCUT2D eigenvalue weighted by Gasteiger charge is -2.35. The minimum atomic E-state index is -0.103.